The lowest BCUT2D eigenvalue weighted by Crippen LogP contribution is -2.53. The smallest absolute Gasteiger partial charge is 0.251 e. The topological polar surface area (TPSA) is 66.6 Å². The number of hydrogen-bond donors (Lipinski definition) is 1. The van der Waals surface area contributed by atoms with Crippen molar-refractivity contribution in [1.29, 1.82) is 0 Å². The fraction of sp³-hybridized carbons (Fsp3) is 0.524. The molecule has 1 aromatic heterocycles. The van der Waals surface area contributed by atoms with Crippen molar-refractivity contribution in [1.82, 2.24) is 10.1 Å². The lowest BCUT2D eigenvalue weighted by atomic mass is 9.73. The Hall–Kier alpha value is -2.01. The summed E-state index contributed by atoms with van der Waals surface area (Å²) in [4.78, 5) is 15.7. The van der Waals surface area contributed by atoms with Gasteiger partial charge in [0.15, 0.2) is 0 Å². The zero-order chi connectivity index (χ0) is 19.6. The molecule has 1 aliphatic heterocycles. The normalized spacial score (nSPS) is 23.2. The van der Waals surface area contributed by atoms with Gasteiger partial charge in [0.25, 0.3) is 5.88 Å². The fourth-order valence-corrected chi connectivity index (χ4v) is 4.33. The first-order valence-corrected chi connectivity index (χ1v) is 9.98. The molecule has 1 aliphatic rings. The Labute approximate surface area is 165 Å². The van der Waals surface area contributed by atoms with Gasteiger partial charge in [-0.05, 0) is 48.5 Å². The van der Waals surface area contributed by atoms with Gasteiger partial charge in [-0.2, -0.15) is 0 Å². The number of rotatable bonds is 6. The van der Waals surface area contributed by atoms with Gasteiger partial charge in [-0.1, -0.05) is 44.5 Å². The number of benzene rings is 1. The first-order chi connectivity index (χ1) is 12.9. The number of halogens is 1. The number of carbonyl (C=O) groups excluding carboxylic acids is 1. The third kappa shape index (κ3) is 3.98. The van der Waals surface area contributed by atoms with Crippen LogP contribution < -0.4 is 0 Å². The van der Waals surface area contributed by atoms with Crippen molar-refractivity contribution >= 4 is 17.5 Å². The third-order valence-corrected chi connectivity index (χ3v) is 6.01. The van der Waals surface area contributed by atoms with E-state index in [4.69, 9.17) is 16.1 Å². The van der Waals surface area contributed by atoms with Crippen molar-refractivity contribution in [3.63, 3.8) is 0 Å². The molecule has 1 saturated heterocycles. The maximum Gasteiger partial charge on any atom is 0.251 e. The molecule has 1 fully saturated rings. The largest absolute Gasteiger partial charge is 0.491 e. The van der Waals surface area contributed by atoms with E-state index in [9.17, 15) is 9.90 Å². The van der Waals surface area contributed by atoms with Gasteiger partial charge in [0.2, 0.25) is 5.91 Å². The molecule has 0 unspecified atom stereocenters. The highest BCUT2D eigenvalue weighted by molar-refractivity contribution is 6.30. The van der Waals surface area contributed by atoms with Crippen LogP contribution in [0.3, 0.4) is 0 Å². The molecule has 0 bridgehead atoms. The van der Waals surface area contributed by atoms with Crippen molar-refractivity contribution in [3.05, 3.63) is 46.7 Å². The maximum absolute atomic E-state index is 13.6. The van der Waals surface area contributed by atoms with Crippen molar-refractivity contribution < 1.29 is 14.4 Å². The summed E-state index contributed by atoms with van der Waals surface area (Å²) < 4.78 is 5.17. The molecular formula is C21H27ClN2O3. The van der Waals surface area contributed by atoms with Gasteiger partial charge in [0, 0.05) is 23.6 Å². The summed E-state index contributed by atoms with van der Waals surface area (Å²) in [5.74, 6) is 0.531. The van der Waals surface area contributed by atoms with E-state index in [2.05, 4.69) is 23.9 Å². The number of amides is 1. The summed E-state index contributed by atoms with van der Waals surface area (Å²) in [6, 6.07) is 9.54. The van der Waals surface area contributed by atoms with E-state index in [0.717, 1.165) is 31.2 Å². The minimum Gasteiger partial charge on any atom is -0.491 e. The van der Waals surface area contributed by atoms with Crippen LogP contribution in [-0.4, -0.2) is 27.1 Å². The molecule has 5 nitrogen and oxygen atoms in total. The lowest BCUT2D eigenvalue weighted by Gasteiger charge is -2.48. The number of carbonyl (C=O) groups is 1. The van der Waals surface area contributed by atoms with Crippen LogP contribution in [0.1, 0.15) is 63.8 Å². The SMILES string of the molecule is CCC(CC)N1C(=O)[C@@](C)(Cc2cc(O)no2)CC[C@H]1c1ccc(Cl)cc1. The predicted octanol–water partition coefficient (Wildman–Crippen LogP) is 5.13. The van der Waals surface area contributed by atoms with E-state index >= 15 is 0 Å². The van der Waals surface area contributed by atoms with Crippen LogP contribution in [0.2, 0.25) is 5.02 Å². The molecule has 0 spiro atoms. The highest BCUT2D eigenvalue weighted by Crippen LogP contribution is 2.44. The van der Waals surface area contributed by atoms with Gasteiger partial charge in [0.05, 0.1) is 11.5 Å². The van der Waals surface area contributed by atoms with Crippen LogP contribution in [0.25, 0.3) is 0 Å². The fourth-order valence-electron chi connectivity index (χ4n) is 4.20. The molecule has 1 N–H and O–H groups in total. The Kier molecular flexibility index (Phi) is 5.80. The van der Waals surface area contributed by atoms with Gasteiger partial charge >= 0.3 is 0 Å². The Morgan fingerprint density at radius 1 is 1.33 bits per heavy atom. The molecule has 3 rings (SSSR count). The van der Waals surface area contributed by atoms with Crippen LogP contribution in [0.15, 0.2) is 34.9 Å². The zero-order valence-electron chi connectivity index (χ0n) is 16.1. The van der Waals surface area contributed by atoms with E-state index in [1.165, 1.54) is 6.07 Å². The van der Waals surface area contributed by atoms with Gasteiger partial charge in [-0.3, -0.25) is 4.79 Å². The molecule has 1 aromatic carbocycles. The highest BCUT2D eigenvalue weighted by atomic mass is 35.5. The van der Waals surface area contributed by atoms with Gasteiger partial charge in [0.1, 0.15) is 5.76 Å². The number of nitrogens with zero attached hydrogens (tertiary/aromatic N) is 2. The van der Waals surface area contributed by atoms with Crippen molar-refractivity contribution in [2.45, 2.75) is 65.0 Å². The Morgan fingerprint density at radius 3 is 2.56 bits per heavy atom. The Balaban J connectivity index is 1.93. The average molecular weight is 391 g/mol. The lowest BCUT2D eigenvalue weighted by molar-refractivity contribution is -0.153. The molecule has 27 heavy (non-hydrogen) atoms. The molecule has 2 aromatic rings. The van der Waals surface area contributed by atoms with Crippen LogP contribution in [0.4, 0.5) is 0 Å². The van der Waals surface area contributed by atoms with Crippen LogP contribution in [0, 0.1) is 5.41 Å². The molecule has 2 atom stereocenters. The van der Waals surface area contributed by atoms with E-state index in [0.29, 0.717) is 17.2 Å². The first kappa shape index (κ1) is 19.7. The summed E-state index contributed by atoms with van der Waals surface area (Å²) in [5.41, 5.74) is 0.552. The van der Waals surface area contributed by atoms with E-state index in [1.54, 1.807) is 0 Å². The molecule has 0 aliphatic carbocycles. The monoisotopic (exact) mass is 390 g/mol. The standard InChI is InChI=1S/C21H27ClN2O3/c1-4-16(5-2)24-18(14-6-8-15(22)9-7-14)10-11-21(3,20(24)26)13-17-12-19(25)23-27-17/h6-9,12,16,18H,4-5,10-11,13H2,1-3H3,(H,23,25)/t18-,21+/m0/s1. The maximum atomic E-state index is 13.6. The molecule has 1 amide bonds. The molecule has 0 saturated carbocycles. The van der Waals surface area contributed by atoms with Crippen molar-refractivity contribution in [2.24, 2.45) is 5.41 Å². The average Bonchev–Trinajstić information content (AvgIpc) is 3.05. The molecular weight excluding hydrogens is 364 g/mol. The molecule has 6 heteroatoms. The number of likely N-dealkylation sites (tertiary alicyclic amines) is 1. The van der Waals surface area contributed by atoms with Crippen LogP contribution >= 0.6 is 11.6 Å². The van der Waals surface area contributed by atoms with Gasteiger partial charge in [-0.15, -0.1) is 0 Å². The van der Waals surface area contributed by atoms with Gasteiger partial charge < -0.3 is 14.5 Å². The second-order valence-electron chi connectivity index (χ2n) is 7.68. The summed E-state index contributed by atoms with van der Waals surface area (Å²) in [5, 5.41) is 13.7. The second-order valence-corrected chi connectivity index (χ2v) is 8.11. The molecule has 146 valence electrons. The van der Waals surface area contributed by atoms with E-state index in [-0.39, 0.29) is 23.9 Å². The van der Waals surface area contributed by atoms with Crippen molar-refractivity contribution in [3.8, 4) is 5.88 Å². The molecule has 0 radical (unpaired) electrons. The minimum atomic E-state index is -0.572. The zero-order valence-corrected chi connectivity index (χ0v) is 16.9. The minimum absolute atomic E-state index is 0.0517. The number of piperidine rings is 1. The highest BCUT2D eigenvalue weighted by Gasteiger charge is 2.46. The van der Waals surface area contributed by atoms with E-state index < -0.39 is 5.41 Å². The number of hydrogen-bond acceptors (Lipinski definition) is 4. The molecule has 2 heterocycles. The Morgan fingerprint density at radius 2 is 2.00 bits per heavy atom. The Bertz CT molecular complexity index is 785. The summed E-state index contributed by atoms with van der Waals surface area (Å²) >= 11 is 6.05. The number of aromatic hydroxyl groups is 1. The van der Waals surface area contributed by atoms with E-state index in [1.807, 2.05) is 31.2 Å². The summed E-state index contributed by atoms with van der Waals surface area (Å²) in [6.07, 6.45) is 3.87. The van der Waals surface area contributed by atoms with Crippen LogP contribution in [0.5, 0.6) is 5.88 Å². The van der Waals surface area contributed by atoms with Gasteiger partial charge in [-0.25, -0.2) is 0 Å². The quantitative estimate of drug-likeness (QED) is 0.742. The summed E-state index contributed by atoms with van der Waals surface area (Å²) in [7, 11) is 0. The van der Waals surface area contributed by atoms with Crippen LogP contribution in [-0.2, 0) is 11.2 Å². The first-order valence-electron chi connectivity index (χ1n) is 9.60. The second kappa shape index (κ2) is 7.93. The third-order valence-electron chi connectivity index (χ3n) is 5.76. The van der Waals surface area contributed by atoms with Crippen molar-refractivity contribution in [2.75, 3.05) is 0 Å². The number of aromatic nitrogens is 1. The summed E-state index contributed by atoms with van der Waals surface area (Å²) in [6.45, 7) is 6.24. The predicted molar refractivity (Wildman–Crippen MR) is 105 cm³/mol.